The summed E-state index contributed by atoms with van der Waals surface area (Å²) in [5.41, 5.74) is 16.9. The Morgan fingerprint density at radius 2 is 0.688 bits per heavy atom. The van der Waals surface area contributed by atoms with Crippen molar-refractivity contribution < 1.29 is 0 Å². The molecule has 3 aromatic rings. The fourth-order valence-electron chi connectivity index (χ4n) is 9.30. The molecule has 0 bridgehead atoms. The molecular weight excluding hydrogens is 625 g/mol. The van der Waals surface area contributed by atoms with Crippen molar-refractivity contribution in [3.05, 3.63) is 113 Å². The van der Waals surface area contributed by atoms with Gasteiger partial charge in [-0.25, -0.2) is 0 Å². The maximum atomic E-state index is 4.22. The molecule has 252 valence electrons. The van der Waals surface area contributed by atoms with E-state index in [-0.39, 0.29) is 0 Å². The SMILES string of the molecule is CC(C)[Si](C#CC1=C(c2ccccc2)C(c2ccccc2)=C(C#C[Si](C(C)C)(C(C)C)C(C)C)[Si]1(C)c1ccccc1)(C(C)C)C(C)C. The van der Waals surface area contributed by atoms with E-state index < -0.39 is 24.2 Å². The lowest BCUT2D eigenvalue weighted by Crippen LogP contribution is -2.48. The van der Waals surface area contributed by atoms with Gasteiger partial charge in [0.25, 0.3) is 0 Å². The van der Waals surface area contributed by atoms with E-state index in [1.54, 1.807) is 0 Å². The predicted molar refractivity (Wildman–Crippen MR) is 222 cm³/mol. The van der Waals surface area contributed by atoms with Gasteiger partial charge in [0.05, 0.1) is 0 Å². The second-order valence-corrected chi connectivity index (χ2v) is 31.0. The summed E-state index contributed by atoms with van der Waals surface area (Å²) < 4.78 is 0. The number of hydrogen-bond donors (Lipinski definition) is 0. The lowest BCUT2D eigenvalue weighted by Gasteiger charge is -2.38. The highest BCUT2D eigenvalue weighted by molar-refractivity contribution is 7.07. The van der Waals surface area contributed by atoms with Crippen molar-refractivity contribution in [3.63, 3.8) is 0 Å². The van der Waals surface area contributed by atoms with Gasteiger partial charge in [-0.2, -0.15) is 0 Å². The molecule has 0 atom stereocenters. The first-order valence-electron chi connectivity index (χ1n) is 18.4. The minimum absolute atomic E-state index is 0.562. The standard InChI is InChI=1S/C45H60Si3/c1-33(2)47(34(3)4,35(5)6)31-29-42-44(39-23-17-14-18-24-39)45(40-25-19-15-20-26-40)43(46(42,13)41-27-21-16-22-28-41)30-32-48(36(7)8,37(9)10)38(11)12/h14-28,33-38H,1-13H3. The molecule has 3 heteroatoms. The maximum absolute atomic E-state index is 4.22. The van der Waals surface area contributed by atoms with Gasteiger partial charge in [0, 0.05) is 10.4 Å². The lowest BCUT2D eigenvalue weighted by molar-refractivity contribution is 0.838. The van der Waals surface area contributed by atoms with Crippen LogP contribution < -0.4 is 5.19 Å². The van der Waals surface area contributed by atoms with Crippen molar-refractivity contribution in [2.24, 2.45) is 0 Å². The molecule has 0 aromatic heterocycles. The molecule has 0 aliphatic carbocycles. The van der Waals surface area contributed by atoms with Crippen LogP contribution in [-0.4, -0.2) is 24.2 Å². The molecule has 0 saturated heterocycles. The monoisotopic (exact) mass is 684 g/mol. The average Bonchev–Trinajstić information content (AvgIpc) is 3.30. The molecule has 0 radical (unpaired) electrons. The molecule has 0 nitrogen and oxygen atoms in total. The minimum atomic E-state index is -2.66. The van der Waals surface area contributed by atoms with E-state index in [4.69, 9.17) is 0 Å². The van der Waals surface area contributed by atoms with E-state index >= 15 is 0 Å². The second-order valence-electron chi connectivity index (χ2n) is 16.0. The lowest BCUT2D eigenvalue weighted by atomic mass is 9.92. The third-order valence-corrected chi connectivity index (χ3v) is 28.6. The summed E-state index contributed by atoms with van der Waals surface area (Å²) in [7, 11) is -6.72. The zero-order valence-electron chi connectivity index (χ0n) is 32.1. The zero-order chi connectivity index (χ0) is 35.4. The Labute approximate surface area is 297 Å². The molecule has 1 aliphatic heterocycles. The van der Waals surface area contributed by atoms with Gasteiger partial charge < -0.3 is 0 Å². The first kappa shape index (κ1) is 37.7. The van der Waals surface area contributed by atoms with Crippen LogP contribution in [0.5, 0.6) is 0 Å². The van der Waals surface area contributed by atoms with Gasteiger partial charge in [0.15, 0.2) is 8.07 Å². The summed E-state index contributed by atoms with van der Waals surface area (Å²) in [6, 6.07) is 33.5. The Hall–Kier alpha value is -3.09. The Morgan fingerprint density at radius 1 is 0.417 bits per heavy atom. The second kappa shape index (κ2) is 15.2. The van der Waals surface area contributed by atoms with Gasteiger partial charge in [-0.3, -0.25) is 0 Å². The third kappa shape index (κ3) is 6.59. The predicted octanol–water partition coefficient (Wildman–Crippen LogP) is 12.4. The molecule has 0 fully saturated rings. The Kier molecular flexibility index (Phi) is 12.0. The van der Waals surface area contributed by atoms with E-state index in [0.29, 0.717) is 33.2 Å². The smallest absolute Gasteiger partial charge is 0.126 e. The summed E-state index contributed by atoms with van der Waals surface area (Å²) in [4.78, 5) is 0. The van der Waals surface area contributed by atoms with E-state index in [0.717, 1.165) is 0 Å². The number of rotatable bonds is 9. The van der Waals surface area contributed by atoms with Gasteiger partial charge in [0.1, 0.15) is 16.1 Å². The van der Waals surface area contributed by atoms with Crippen molar-refractivity contribution in [2.75, 3.05) is 0 Å². The van der Waals surface area contributed by atoms with Gasteiger partial charge in [-0.05, 0) is 60.7 Å². The molecule has 3 aromatic carbocycles. The molecule has 0 N–H and O–H groups in total. The van der Waals surface area contributed by atoms with Gasteiger partial charge in [-0.1, -0.05) is 192 Å². The van der Waals surface area contributed by atoms with Crippen LogP contribution >= 0.6 is 0 Å². The van der Waals surface area contributed by atoms with Gasteiger partial charge in [0.2, 0.25) is 0 Å². The molecule has 1 heterocycles. The van der Waals surface area contributed by atoms with E-state index in [1.165, 1.54) is 37.9 Å². The molecule has 4 rings (SSSR count). The van der Waals surface area contributed by atoms with Crippen LogP contribution in [0, 0.1) is 22.9 Å². The quantitative estimate of drug-likeness (QED) is 0.155. The first-order valence-corrected chi connectivity index (χ1v) is 25.4. The molecule has 0 saturated carbocycles. The van der Waals surface area contributed by atoms with E-state index in [2.05, 4.69) is 204 Å². The van der Waals surface area contributed by atoms with Crippen molar-refractivity contribution in [3.8, 4) is 22.9 Å². The van der Waals surface area contributed by atoms with Crippen molar-refractivity contribution in [1.29, 1.82) is 0 Å². The molecule has 0 amide bonds. The van der Waals surface area contributed by atoms with Crippen molar-refractivity contribution in [2.45, 2.75) is 123 Å². The topological polar surface area (TPSA) is 0 Å². The molecule has 0 unspecified atom stereocenters. The van der Waals surface area contributed by atoms with Crippen LogP contribution in [0.25, 0.3) is 11.1 Å². The van der Waals surface area contributed by atoms with E-state index in [9.17, 15) is 0 Å². The van der Waals surface area contributed by atoms with Crippen LogP contribution in [0.2, 0.25) is 39.8 Å². The molecule has 0 spiro atoms. The van der Waals surface area contributed by atoms with Gasteiger partial charge >= 0.3 is 0 Å². The summed E-state index contributed by atoms with van der Waals surface area (Å²) >= 11 is 0. The van der Waals surface area contributed by atoms with Crippen molar-refractivity contribution in [1.82, 2.24) is 0 Å². The van der Waals surface area contributed by atoms with Gasteiger partial charge in [-0.15, -0.1) is 11.1 Å². The number of allylic oxidation sites excluding steroid dienone is 4. The summed E-state index contributed by atoms with van der Waals surface area (Å²) in [5.74, 6) is 8.31. The van der Waals surface area contributed by atoms with Crippen LogP contribution in [0.1, 0.15) is 94.2 Å². The average molecular weight is 685 g/mol. The van der Waals surface area contributed by atoms with E-state index in [1.807, 2.05) is 0 Å². The highest BCUT2D eigenvalue weighted by Gasteiger charge is 2.49. The molecule has 1 aliphatic rings. The molecule has 48 heavy (non-hydrogen) atoms. The fourth-order valence-corrected chi connectivity index (χ4v) is 23.8. The first-order chi connectivity index (χ1) is 22.7. The Bertz CT molecular complexity index is 1580. The summed E-state index contributed by atoms with van der Waals surface area (Å²) in [5, 5.41) is 4.08. The Morgan fingerprint density at radius 3 is 0.958 bits per heavy atom. The third-order valence-electron chi connectivity index (χ3n) is 11.8. The largest absolute Gasteiger partial charge is 0.167 e. The van der Waals surface area contributed by atoms with Crippen LogP contribution in [0.4, 0.5) is 0 Å². The summed E-state index contributed by atoms with van der Waals surface area (Å²) in [6.45, 7) is 31.7. The highest BCUT2D eigenvalue weighted by Crippen LogP contribution is 2.49. The number of benzene rings is 3. The van der Waals surface area contributed by atoms with Crippen LogP contribution in [0.3, 0.4) is 0 Å². The normalized spacial score (nSPS) is 15.1. The number of hydrogen-bond acceptors (Lipinski definition) is 0. The minimum Gasteiger partial charge on any atom is -0.126 e. The van der Waals surface area contributed by atoms with Crippen LogP contribution in [-0.2, 0) is 0 Å². The Balaban J connectivity index is 2.28. The molecular formula is C45H60Si3. The maximum Gasteiger partial charge on any atom is 0.167 e. The van der Waals surface area contributed by atoms with Crippen molar-refractivity contribution >= 4 is 40.6 Å². The van der Waals surface area contributed by atoms with Crippen LogP contribution in [0.15, 0.2) is 101 Å². The zero-order valence-corrected chi connectivity index (χ0v) is 35.1. The fraction of sp³-hybridized carbons (Fsp3) is 0.422. The highest BCUT2D eigenvalue weighted by atomic mass is 28.3. The summed E-state index contributed by atoms with van der Waals surface area (Å²) in [6.07, 6.45) is 0.